The third-order valence-corrected chi connectivity index (χ3v) is 2.29. The Morgan fingerprint density at radius 1 is 1.11 bits per heavy atom. The minimum absolute atomic E-state index is 0.0551. The van der Waals surface area contributed by atoms with Crippen LogP contribution in [0.25, 0.3) is 0 Å². The monoisotopic (exact) mass is 265 g/mol. The number of amides is 2. The molecule has 0 saturated carbocycles. The smallest absolute Gasteiger partial charge is 0.411 e. The van der Waals surface area contributed by atoms with E-state index < -0.39 is 6.09 Å². The van der Waals surface area contributed by atoms with Crippen LogP contribution in [0.1, 0.15) is 13.3 Å². The van der Waals surface area contributed by atoms with Gasteiger partial charge in [0.05, 0.1) is 6.61 Å². The number of ether oxygens (including phenoxy) is 1. The van der Waals surface area contributed by atoms with Crippen LogP contribution in [0.15, 0.2) is 24.3 Å². The Labute approximate surface area is 112 Å². The summed E-state index contributed by atoms with van der Waals surface area (Å²) in [7, 11) is 1.79. The molecule has 0 aromatic heterocycles. The van der Waals surface area contributed by atoms with E-state index in [9.17, 15) is 9.59 Å². The highest BCUT2D eigenvalue weighted by molar-refractivity contribution is 5.91. The molecule has 0 aliphatic rings. The van der Waals surface area contributed by atoms with Crippen molar-refractivity contribution in [2.24, 2.45) is 0 Å². The number of carbonyl (C=O) groups is 2. The van der Waals surface area contributed by atoms with E-state index in [1.54, 1.807) is 38.2 Å². The maximum absolute atomic E-state index is 11.5. The lowest BCUT2D eigenvalue weighted by Crippen LogP contribution is -2.18. The van der Waals surface area contributed by atoms with E-state index in [2.05, 4.69) is 16.0 Å². The van der Waals surface area contributed by atoms with Crippen LogP contribution in [-0.2, 0) is 9.53 Å². The summed E-state index contributed by atoms with van der Waals surface area (Å²) in [6.45, 7) is 2.70. The number of carbonyl (C=O) groups excluding carboxylic acids is 2. The van der Waals surface area contributed by atoms with Crippen LogP contribution in [0.3, 0.4) is 0 Å². The first-order chi connectivity index (χ1) is 9.15. The number of hydrogen-bond donors (Lipinski definition) is 3. The van der Waals surface area contributed by atoms with Gasteiger partial charge in [-0.05, 0) is 38.2 Å². The number of hydrogen-bond acceptors (Lipinski definition) is 4. The molecule has 0 radical (unpaired) electrons. The lowest BCUT2D eigenvalue weighted by atomic mass is 10.2. The van der Waals surface area contributed by atoms with Crippen LogP contribution in [0.4, 0.5) is 16.2 Å². The Balaban J connectivity index is 2.47. The summed E-state index contributed by atoms with van der Waals surface area (Å²) in [5.41, 5.74) is 1.31. The molecule has 0 fully saturated rings. The van der Waals surface area contributed by atoms with E-state index in [1.165, 1.54) is 0 Å². The van der Waals surface area contributed by atoms with E-state index in [1.807, 2.05) is 0 Å². The zero-order chi connectivity index (χ0) is 14.1. The molecule has 0 bridgehead atoms. The van der Waals surface area contributed by atoms with Gasteiger partial charge in [0.15, 0.2) is 0 Å². The lowest BCUT2D eigenvalue weighted by molar-refractivity contribution is -0.116. The summed E-state index contributed by atoms with van der Waals surface area (Å²) in [5, 5.41) is 8.24. The summed E-state index contributed by atoms with van der Waals surface area (Å²) >= 11 is 0. The van der Waals surface area contributed by atoms with Crippen molar-refractivity contribution in [1.29, 1.82) is 0 Å². The largest absolute Gasteiger partial charge is 0.450 e. The molecule has 3 N–H and O–H groups in total. The van der Waals surface area contributed by atoms with Crippen molar-refractivity contribution >= 4 is 23.4 Å². The van der Waals surface area contributed by atoms with Crippen LogP contribution in [-0.4, -0.2) is 32.2 Å². The fraction of sp³-hybridized carbons (Fsp3) is 0.385. The first kappa shape index (κ1) is 15.0. The molecule has 0 spiro atoms. The van der Waals surface area contributed by atoms with Gasteiger partial charge >= 0.3 is 6.09 Å². The minimum atomic E-state index is -0.492. The van der Waals surface area contributed by atoms with E-state index >= 15 is 0 Å². The molecular formula is C13H19N3O3. The SMILES string of the molecule is CCOC(=O)Nc1ccc(NC(=O)CCNC)cc1. The van der Waals surface area contributed by atoms with Crippen molar-refractivity contribution in [3.8, 4) is 0 Å². The highest BCUT2D eigenvalue weighted by Crippen LogP contribution is 2.13. The maximum Gasteiger partial charge on any atom is 0.411 e. The summed E-state index contributed by atoms with van der Waals surface area (Å²) in [4.78, 5) is 22.7. The van der Waals surface area contributed by atoms with Gasteiger partial charge in [-0.1, -0.05) is 0 Å². The summed E-state index contributed by atoms with van der Waals surface area (Å²) in [5.74, 6) is -0.0551. The maximum atomic E-state index is 11.5. The summed E-state index contributed by atoms with van der Waals surface area (Å²) < 4.78 is 4.76. The van der Waals surface area contributed by atoms with Crippen molar-refractivity contribution in [3.05, 3.63) is 24.3 Å². The topological polar surface area (TPSA) is 79.5 Å². The molecule has 0 aliphatic heterocycles. The van der Waals surface area contributed by atoms with Crippen molar-refractivity contribution < 1.29 is 14.3 Å². The Bertz CT molecular complexity index is 418. The van der Waals surface area contributed by atoms with Gasteiger partial charge in [-0.15, -0.1) is 0 Å². The standard InChI is InChI=1S/C13H19N3O3/c1-3-19-13(18)16-11-6-4-10(5-7-11)15-12(17)8-9-14-2/h4-7,14H,3,8-9H2,1-2H3,(H,15,17)(H,16,18). The Morgan fingerprint density at radius 2 is 1.68 bits per heavy atom. The normalized spacial score (nSPS) is 9.79. The number of rotatable bonds is 6. The second-order valence-electron chi connectivity index (χ2n) is 3.82. The third-order valence-electron chi connectivity index (χ3n) is 2.29. The highest BCUT2D eigenvalue weighted by Gasteiger charge is 2.03. The van der Waals surface area contributed by atoms with Crippen LogP contribution < -0.4 is 16.0 Å². The molecule has 1 aromatic rings. The summed E-state index contributed by atoms with van der Waals surface area (Å²) in [6, 6.07) is 6.84. The van der Waals surface area contributed by atoms with Crippen molar-refractivity contribution in [2.45, 2.75) is 13.3 Å². The summed E-state index contributed by atoms with van der Waals surface area (Å²) in [6.07, 6.45) is -0.0763. The van der Waals surface area contributed by atoms with Crippen LogP contribution >= 0.6 is 0 Å². The van der Waals surface area contributed by atoms with Crippen molar-refractivity contribution in [1.82, 2.24) is 5.32 Å². The van der Waals surface area contributed by atoms with Gasteiger partial charge in [-0.3, -0.25) is 10.1 Å². The zero-order valence-corrected chi connectivity index (χ0v) is 11.2. The van der Waals surface area contributed by atoms with E-state index in [4.69, 9.17) is 4.74 Å². The first-order valence-corrected chi connectivity index (χ1v) is 6.14. The molecular weight excluding hydrogens is 246 g/mol. The average Bonchev–Trinajstić information content (AvgIpc) is 2.39. The average molecular weight is 265 g/mol. The minimum Gasteiger partial charge on any atom is -0.450 e. The molecule has 19 heavy (non-hydrogen) atoms. The quantitative estimate of drug-likeness (QED) is 0.732. The molecule has 1 aromatic carbocycles. The molecule has 6 nitrogen and oxygen atoms in total. The first-order valence-electron chi connectivity index (χ1n) is 6.14. The third kappa shape index (κ3) is 5.87. The Hall–Kier alpha value is -2.08. The molecule has 6 heteroatoms. The van der Waals surface area contributed by atoms with Gasteiger partial charge in [0.25, 0.3) is 0 Å². The van der Waals surface area contributed by atoms with Gasteiger partial charge in [0.1, 0.15) is 0 Å². The predicted molar refractivity (Wildman–Crippen MR) is 74.3 cm³/mol. The second-order valence-corrected chi connectivity index (χ2v) is 3.82. The van der Waals surface area contributed by atoms with Crippen LogP contribution in [0.5, 0.6) is 0 Å². The zero-order valence-electron chi connectivity index (χ0n) is 11.2. The van der Waals surface area contributed by atoms with Gasteiger partial charge in [0, 0.05) is 24.3 Å². The molecule has 0 aliphatic carbocycles. The van der Waals surface area contributed by atoms with Gasteiger partial charge in [0.2, 0.25) is 5.91 Å². The Morgan fingerprint density at radius 3 is 2.21 bits per heavy atom. The highest BCUT2D eigenvalue weighted by atomic mass is 16.5. The van der Waals surface area contributed by atoms with Crippen molar-refractivity contribution in [3.63, 3.8) is 0 Å². The Kier molecular flexibility index (Phi) is 6.38. The fourth-order valence-electron chi connectivity index (χ4n) is 1.38. The molecule has 0 heterocycles. The number of anilines is 2. The predicted octanol–water partition coefficient (Wildman–Crippen LogP) is 1.80. The van der Waals surface area contributed by atoms with E-state index in [0.717, 1.165) is 0 Å². The molecule has 2 amide bonds. The van der Waals surface area contributed by atoms with E-state index in [-0.39, 0.29) is 5.91 Å². The molecule has 0 saturated heterocycles. The van der Waals surface area contributed by atoms with Gasteiger partial charge in [-0.25, -0.2) is 4.79 Å². The fourth-order valence-corrected chi connectivity index (χ4v) is 1.38. The van der Waals surface area contributed by atoms with Gasteiger partial charge < -0.3 is 15.4 Å². The second kappa shape index (κ2) is 8.10. The molecule has 0 atom stereocenters. The molecule has 0 unspecified atom stereocenters. The number of nitrogens with one attached hydrogen (secondary N) is 3. The molecule has 1 rings (SSSR count). The van der Waals surface area contributed by atoms with E-state index in [0.29, 0.717) is 30.9 Å². The van der Waals surface area contributed by atoms with Gasteiger partial charge in [-0.2, -0.15) is 0 Å². The molecule has 104 valence electrons. The van der Waals surface area contributed by atoms with Crippen molar-refractivity contribution in [2.75, 3.05) is 30.8 Å². The van der Waals surface area contributed by atoms with Crippen LogP contribution in [0.2, 0.25) is 0 Å². The number of benzene rings is 1. The lowest BCUT2D eigenvalue weighted by Gasteiger charge is -2.07. The van der Waals surface area contributed by atoms with Crippen LogP contribution in [0, 0.1) is 0 Å².